The van der Waals surface area contributed by atoms with Crippen LogP contribution >= 0.6 is 11.8 Å². The van der Waals surface area contributed by atoms with Crippen LogP contribution < -0.4 is 4.74 Å². The fraction of sp³-hybridized carbons (Fsp3) is 0.579. The SMILES string of the molecule is CC(C)COC(=O)COc1ccc(SC(=O)N(C)C)c(C(C)(C)C)c1. The number of hydrogen-bond acceptors (Lipinski definition) is 5. The number of nitrogens with zero attached hydrogens (tertiary/aromatic N) is 1. The first kappa shape index (κ1) is 21.4. The average Bonchev–Trinajstić information content (AvgIpc) is 2.50. The van der Waals surface area contributed by atoms with Crippen molar-refractivity contribution in [2.45, 2.75) is 44.9 Å². The third-order valence-electron chi connectivity index (χ3n) is 3.26. The van der Waals surface area contributed by atoms with Gasteiger partial charge in [0, 0.05) is 19.0 Å². The molecule has 140 valence electrons. The summed E-state index contributed by atoms with van der Waals surface area (Å²) >= 11 is 1.19. The van der Waals surface area contributed by atoms with E-state index in [0.29, 0.717) is 18.3 Å². The maximum absolute atomic E-state index is 12.0. The number of amides is 1. The summed E-state index contributed by atoms with van der Waals surface area (Å²) in [5.74, 6) is 0.502. The molecule has 0 aliphatic heterocycles. The zero-order valence-electron chi connectivity index (χ0n) is 16.2. The predicted molar refractivity (Wildman–Crippen MR) is 101 cm³/mol. The monoisotopic (exact) mass is 367 g/mol. The molecule has 0 aliphatic rings. The quantitative estimate of drug-likeness (QED) is 0.553. The predicted octanol–water partition coefficient (Wildman–Crippen LogP) is 4.34. The maximum atomic E-state index is 12.0. The lowest BCUT2D eigenvalue weighted by molar-refractivity contribution is -0.147. The smallest absolute Gasteiger partial charge is 0.344 e. The highest BCUT2D eigenvalue weighted by Gasteiger charge is 2.21. The Hall–Kier alpha value is -1.69. The van der Waals surface area contributed by atoms with E-state index in [1.807, 2.05) is 26.0 Å². The Kier molecular flexibility index (Phi) is 7.80. The normalized spacial score (nSPS) is 11.4. The third-order valence-corrected chi connectivity index (χ3v) is 4.37. The molecule has 0 bridgehead atoms. The molecule has 0 saturated heterocycles. The largest absolute Gasteiger partial charge is 0.482 e. The van der Waals surface area contributed by atoms with Crippen molar-refractivity contribution in [1.29, 1.82) is 0 Å². The molecule has 0 aliphatic carbocycles. The van der Waals surface area contributed by atoms with E-state index < -0.39 is 0 Å². The van der Waals surface area contributed by atoms with Crippen LogP contribution in [-0.2, 0) is 14.9 Å². The van der Waals surface area contributed by atoms with Gasteiger partial charge in [-0.05, 0) is 46.9 Å². The standard InChI is InChI=1S/C19H29NO4S/c1-13(2)11-24-17(21)12-23-14-8-9-16(25-18(22)20(6)7)15(10-14)19(3,4)5/h8-10,13H,11-12H2,1-7H3. The van der Waals surface area contributed by atoms with Crippen molar-refractivity contribution in [3.63, 3.8) is 0 Å². The molecule has 0 heterocycles. The lowest BCUT2D eigenvalue weighted by Crippen LogP contribution is -2.19. The van der Waals surface area contributed by atoms with Gasteiger partial charge in [0.15, 0.2) is 6.61 Å². The Bertz CT molecular complexity index is 606. The first-order chi connectivity index (χ1) is 11.5. The van der Waals surface area contributed by atoms with Crippen LogP contribution in [0.1, 0.15) is 40.2 Å². The fourth-order valence-corrected chi connectivity index (χ4v) is 2.88. The van der Waals surface area contributed by atoms with Crippen molar-refractivity contribution < 1.29 is 19.1 Å². The summed E-state index contributed by atoms with van der Waals surface area (Å²) in [6, 6.07) is 5.53. The minimum atomic E-state index is -0.382. The second-order valence-electron chi connectivity index (χ2n) is 7.54. The Labute approximate surface area is 155 Å². The summed E-state index contributed by atoms with van der Waals surface area (Å²) in [4.78, 5) is 26.1. The van der Waals surface area contributed by atoms with Crippen LogP contribution in [0.15, 0.2) is 23.1 Å². The molecule has 0 saturated carbocycles. The minimum absolute atomic E-state index is 0.0311. The molecule has 0 fully saturated rings. The van der Waals surface area contributed by atoms with Gasteiger partial charge in [-0.2, -0.15) is 0 Å². The van der Waals surface area contributed by atoms with E-state index in [4.69, 9.17) is 9.47 Å². The van der Waals surface area contributed by atoms with Gasteiger partial charge in [0.25, 0.3) is 5.24 Å². The summed E-state index contributed by atoms with van der Waals surface area (Å²) in [5, 5.41) is -0.0311. The Morgan fingerprint density at radius 3 is 2.36 bits per heavy atom. The number of esters is 1. The first-order valence-electron chi connectivity index (χ1n) is 8.32. The molecular weight excluding hydrogens is 338 g/mol. The zero-order valence-corrected chi connectivity index (χ0v) is 17.0. The first-order valence-corrected chi connectivity index (χ1v) is 9.14. The summed E-state index contributed by atoms with van der Waals surface area (Å²) < 4.78 is 10.7. The van der Waals surface area contributed by atoms with Gasteiger partial charge in [0.05, 0.1) is 6.61 Å². The number of carbonyl (C=O) groups is 2. The number of ether oxygens (including phenoxy) is 2. The highest BCUT2D eigenvalue weighted by atomic mass is 32.2. The van der Waals surface area contributed by atoms with Gasteiger partial charge in [0.2, 0.25) is 0 Å². The molecule has 1 amide bonds. The molecule has 1 aromatic carbocycles. The molecule has 0 aromatic heterocycles. The summed E-state index contributed by atoms with van der Waals surface area (Å²) in [6.45, 7) is 10.5. The molecule has 1 aromatic rings. The highest BCUT2D eigenvalue weighted by molar-refractivity contribution is 8.13. The minimum Gasteiger partial charge on any atom is -0.482 e. The topological polar surface area (TPSA) is 55.8 Å². The van der Waals surface area contributed by atoms with Crippen molar-refractivity contribution in [2.24, 2.45) is 5.92 Å². The molecule has 6 heteroatoms. The Morgan fingerprint density at radius 1 is 1.20 bits per heavy atom. The van der Waals surface area contributed by atoms with Crippen LogP contribution in [-0.4, -0.2) is 43.4 Å². The lowest BCUT2D eigenvalue weighted by Gasteiger charge is -2.23. The van der Waals surface area contributed by atoms with Crippen LogP contribution in [0.3, 0.4) is 0 Å². The van der Waals surface area contributed by atoms with Crippen LogP contribution in [0, 0.1) is 5.92 Å². The van der Waals surface area contributed by atoms with Gasteiger partial charge in [0.1, 0.15) is 5.75 Å². The number of hydrogen-bond donors (Lipinski definition) is 0. The Morgan fingerprint density at radius 2 is 1.84 bits per heavy atom. The molecule has 0 spiro atoms. The van der Waals surface area contributed by atoms with Crippen molar-refractivity contribution in [3.05, 3.63) is 23.8 Å². The van der Waals surface area contributed by atoms with Gasteiger partial charge in [-0.3, -0.25) is 4.79 Å². The number of benzene rings is 1. The molecule has 25 heavy (non-hydrogen) atoms. The van der Waals surface area contributed by atoms with Crippen LogP contribution in [0.5, 0.6) is 5.75 Å². The Balaban J connectivity index is 2.87. The van der Waals surface area contributed by atoms with Crippen molar-refractivity contribution in [1.82, 2.24) is 4.90 Å². The van der Waals surface area contributed by atoms with Crippen molar-refractivity contribution >= 4 is 23.0 Å². The molecule has 0 unspecified atom stereocenters. The number of carbonyl (C=O) groups excluding carboxylic acids is 2. The van der Waals surface area contributed by atoms with Gasteiger partial charge in [-0.1, -0.05) is 34.6 Å². The second kappa shape index (κ2) is 9.13. The lowest BCUT2D eigenvalue weighted by atomic mass is 9.87. The van der Waals surface area contributed by atoms with Gasteiger partial charge < -0.3 is 14.4 Å². The average molecular weight is 368 g/mol. The molecule has 0 atom stereocenters. The van der Waals surface area contributed by atoms with E-state index in [1.165, 1.54) is 11.8 Å². The van der Waals surface area contributed by atoms with E-state index in [-0.39, 0.29) is 23.2 Å². The molecule has 1 rings (SSSR count). The molecular formula is C19H29NO4S. The van der Waals surface area contributed by atoms with E-state index in [1.54, 1.807) is 25.1 Å². The van der Waals surface area contributed by atoms with Crippen molar-refractivity contribution in [2.75, 3.05) is 27.3 Å². The van der Waals surface area contributed by atoms with E-state index >= 15 is 0 Å². The van der Waals surface area contributed by atoms with Crippen LogP contribution in [0.2, 0.25) is 0 Å². The van der Waals surface area contributed by atoms with E-state index in [9.17, 15) is 9.59 Å². The molecule has 0 radical (unpaired) electrons. The summed E-state index contributed by atoms with van der Waals surface area (Å²) in [5.41, 5.74) is 0.840. The van der Waals surface area contributed by atoms with E-state index in [0.717, 1.165) is 10.5 Å². The van der Waals surface area contributed by atoms with Gasteiger partial charge >= 0.3 is 5.97 Å². The van der Waals surface area contributed by atoms with Gasteiger partial charge in [-0.15, -0.1) is 0 Å². The van der Waals surface area contributed by atoms with E-state index in [2.05, 4.69) is 20.8 Å². The number of thioether (sulfide) groups is 1. The second-order valence-corrected chi connectivity index (χ2v) is 8.53. The van der Waals surface area contributed by atoms with Gasteiger partial charge in [-0.25, -0.2) is 4.79 Å². The molecule has 0 N–H and O–H groups in total. The van der Waals surface area contributed by atoms with Crippen LogP contribution in [0.25, 0.3) is 0 Å². The van der Waals surface area contributed by atoms with Crippen molar-refractivity contribution in [3.8, 4) is 5.75 Å². The van der Waals surface area contributed by atoms with Crippen LogP contribution in [0.4, 0.5) is 4.79 Å². The zero-order chi connectivity index (χ0) is 19.2. The number of rotatable bonds is 6. The maximum Gasteiger partial charge on any atom is 0.344 e. The molecule has 5 nitrogen and oxygen atoms in total. The fourth-order valence-electron chi connectivity index (χ4n) is 1.90. The third kappa shape index (κ3) is 7.38. The summed E-state index contributed by atoms with van der Waals surface area (Å²) in [6.07, 6.45) is 0. The highest BCUT2D eigenvalue weighted by Crippen LogP contribution is 2.36. The summed E-state index contributed by atoms with van der Waals surface area (Å²) in [7, 11) is 3.46.